The highest BCUT2D eigenvalue weighted by Crippen LogP contribution is 2.26. The van der Waals surface area contributed by atoms with Gasteiger partial charge in [-0.1, -0.05) is 41.4 Å². The van der Waals surface area contributed by atoms with Gasteiger partial charge in [-0.05, 0) is 61.7 Å². The van der Waals surface area contributed by atoms with E-state index in [-0.39, 0.29) is 17.5 Å². The van der Waals surface area contributed by atoms with E-state index in [1.165, 1.54) is 10.6 Å². The van der Waals surface area contributed by atoms with Crippen molar-refractivity contribution < 1.29 is 4.79 Å². The molecule has 0 spiro atoms. The average molecular weight is 455 g/mol. The fourth-order valence-electron chi connectivity index (χ4n) is 3.30. The number of carbonyl (C=O) groups is 1. The monoisotopic (exact) mass is 454 g/mol. The van der Waals surface area contributed by atoms with Crippen molar-refractivity contribution in [3.8, 4) is 11.4 Å². The number of rotatable bonds is 4. The Labute approximate surface area is 188 Å². The van der Waals surface area contributed by atoms with E-state index in [1.807, 2.05) is 39.0 Å². The number of nitrogens with one attached hydrogen (secondary N) is 2. The highest BCUT2D eigenvalue weighted by molar-refractivity contribution is 6.42. The van der Waals surface area contributed by atoms with E-state index in [0.29, 0.717) is 26.9 Å². The molecular formula is C23H20Cl2N4O2. The fraction of sp³-hybridized carbons (Fsp3) is 0.174. The molecule has 0 bridgehead atoms. The molecule has 8 heteroatoms. The molecule has 0 aliphatic rings. The maximum atomic E-state index is 12.8. The van der Waals surface area contributed by atoms with Gasteiger partial charge in [0.05, 0.1) is 21.7 Å². The van der Waals surface area contributed by atoms with E-state index in [4.69, 9.17) is 23.2 Å². The Balaban J connectivity index is 1.63. The van der Waals surface area contributed by atoms with Crippen molar-refractivity contribution in [3.63, 3.8) is 0 Å². The molecule has 6 nitrogen and oxygen atoms in total. The first-order chi connectivity index (χ1) is 14.7. The molecule has 1 atom stereocenters. The molecule has 1 amide bonds. The van der Waals surface area contributed by atoms with Crippen LogP contribution in [0.1, 0.15) is 40.0 Å². The number of nitrogens with zero attached hydrogens (tertiary/aromatic N) is 2. The average Bonchev–Trinajstić information content (AvgIpc) is 3.17. The zero-order valence-electron chi connectivity index (χ0n) is 17.2. The molecule has 4 aromatic rings. The van der Waals surface area contributed by atoms with Crippen molar-refractivity contribution in [2.75, 3.05) is 0 Å². The number of hydrogen-bond acceptors (Lipinski definition) is 3. The summed E-state index contributed by atoms with van der Waals surface area (Å²) in [5.74, 6) is 0.114. The largest absolute Gasteiger partial charge is 0.345 e. The Bertz CT molecular complexity index is 1370. The van der Waals surface area contributed by atoms with Gasteiger partial charge in [0.1, 0.15) is 5.52 Å². The summed E-state index contributed by atoms with van der Waals surface area (Å²) in [6.07, 6.45) is 1.55. The van der Waals surface area contributed by atoms with Gasteiger partial charge in [0.15, 0.2) is 5.82 Å². The number of halogens is 2. The molecular weight excluding hydrogens is 435 g/mol. The zero-order chi connectivity index (χ0) is 22.3. The van der Waals surface area contributed by atoms with E-state index in [9.17, 15) is 9.59 Å². The highest BCUT2D eigenvalue weighted by atomic mass is 35.5. The Morgan fingerprint density at radius 2 is 1.84 bits per heavy atom. The minimum atomic E-state index is -0.323. The summed E-state index contributed by atoms with van der Waals surface area (Å²) in [5, 5.41) is 8.27. The number of hydrogen-bond donors (Lipinski definition) is 2. The summed E-state index contributed by atoms with van der Waals surface area (Å²) in [6, 6.07) is 12.3. The third-order valence-electron chi connectivity index (χ3n) is 5.31. The van der Waals surface area contributed by atoms with Gasteiger partial charge >= 0.3 is 0 Å². The van der Waals surface area contributed by atoms with E-state index in [2.05, 4.69) is 15.4 Å². The van der Waals surface area contributed by atoms with Crippen LogP contribution in [0.3, 0.4) is 0 Å². The molecule has 158 valence electrons. The molecule has 0 saturated heterocycles. The smallest absolute Gasteiger partial charge is 0.275 e. The third-order valence-corrected chi connectivity index (χ3v) is 6.05. The van der Waals surface area contributed by atoms with Crippen molar-refractivity contribution in [2.24, 2.45) is 0 Å². The Morgan fingerprint density at radius 3 is 2.55 bits per heavy atom. The van der Waals surface area contributed by atoms with E-state index in [1.54, 1.807) is 24.4 Å². The van der Waals surface area contributed by atoms with E-state index < -0.39 is 0 Å². The predicted octanol–water partition coefficient (Wildman–Crippen LogP) is 5.10. The van der Waals surface area contributed by atoms with Gasteiger partial charge in [0, 0.05) is 11.8 Å². The summed E-state index contributed by atoms with van der Waals surface area (Å²) in [6.45, 7) is 5.87. The van der Waals surface area contributed by atoms with Crippen LogP contribution in [0.4, 0.5) is 0 Å². The quantitative estimate of drug-likeness (QED) is 0.449. The van der Waals surface area contributed by atoms with Crippen molar-refractivity contribution >= 4 is 34.6 Å². The van der Waals surface area contributed by atoms with Crippen LogP contribution in [0.15, 0.2) is 53.5 Å². The van der Waals surface area contributed by atoms with Gasteiger partial charge in [-0.3, -0.25) is 9.59 Å². The molecule has 2 heterocycles. The minimum absolute atomic E-state index is 0.292. The van der Waals surface area contributed by atoms with Gasteiger partial charge in [0.25, 0.3) is 11.5 Å². The minimum Gasteiger partial charge on any atom is -0.345 e. The van der Waals surface area contributed by atoms with Gasteiger partial charge in [0.2, 0.25) is 0 Å². The van der Waals surface area contributed by atoms with Crippen molar-refractivity contribution in [1.82, 2.24) is 19.9 Å². The third kappa shape index (κ3) is 4.22. The van der Waals surface area contributed by atoms with Gasteiger partial charge in [-0.25, -0.2) is 4.52 Å². The topological polar surface area (TPSA) is 79.3 Å². The molecule has 31 heavy (non-hydrogen) atoms. The Morgan fingerprint density at radius 1 is 1.06 bits per heavy atom. The molecule has 2 aromatic heterocycles. The lowest BCUT2D eigenvalue weighted by molar-refractivity contribution is 0.0940. The second-order valence-electron chi connectivity index (χ2n) is 7.53. The lowest BCUT2D eigenvalue weighted by Crippen LogP contribution is -2.26. The van der Waals surface area contributed by atoms with Crippen molar-refractivity contribution in [2.45, 2.75) is 26.8 Å². The number of H-pyrrole nitrogens is 1. The Kier molecular flexibility index (Phi) is 5.60. The molecule has 0 aliphatic carbocycles. The lowest BCUT2D eigenvalue weighted by Gasteiger charge is -2.14. The Hall–Kier alpha value is -3.09. The predicted molar refractivity (Wildman–Crippen MR) is 123 cm³/mol. The van der Waals surface area contributed by atoms with Crippen LogP contribution in [0.25, 0.3) is 16.9 Å². The van der Waals surface area contributed by atoms with Crippen LogP contribution >= 0.6 is 23.2 Å². The first kappa shape index (κ1) is 21.2. The summed E-state index contributed by atoms with van der Waals surface area (Å²) >= 11 is 12.0. The molecule has 0 aliphatic heterocycles. The summed E-state index contributed by atoms with van der Waals surface area (Å²) in [5.41, 5.74) is 4.18. The number of fused-ring (bicyclic) bond motifs is 1. The second kappa shape index (κ2) is 8.21. The van der Waals surface area contributed by atoms with Gasteiger partial charge < -0.3 is 10.3 Å². The maximum Gasteiger partial charge on any atom is 0.275 e. The summed E-state index contributed by atoms with van der Waals surface area (Å²) in [7, 11) is 0. The van der Waals surface area contributed by atoms with Crippen LogP contribution in [-0.4, -0.2) is 20.5 Å². The number of aromatic amines is 1. The first-order valence-electron chi connectivity index (χ1n) is 9.69. The fourth-order valence-corrected chi connectivity index (χ4v) is 3.60. The molecule has 0 fully saturated rings. The highest BCUT2D eigenvalue weighted by Gasteiger charge is 2.16. The molecule has 0 saturated carbocycles. The number of aromatic nitrogens is 3. The standard InChI is InChI=1S/C23H20Cl2N4O2/c1-12-4-5-16(8-13(12)2)21-27-23(31)20-10-17(11-29(20)28-21)22(30)26-14(3)15-6-7-18(24)19(25)9-15/h4-11,14H,1-3H3,(H,26,30)(H,27,28,31). The SMILES string of the molecule is Cc1ccc(-c2nn3cc(C(=O)NC(C)c4ccc(Cl)c(Cl)c4)cc3c(=O)[nH]2)cc1C. The van der Waals surface area contributed by atoms with Crippen LogP contribution in [-0.2, 0) is 0 Å². The number of aryl methyl sites for hydroxylation is 2. The van der Waals surface area contributed by atoms with Gasteiger partial charge in [-0.2, -0.15) is 0 Å². The number of benzene rings is 2. The van der Waals surface area contributed by atoms with Crippen LogP contribution in [0, 0.1) is 13.8 Å². The van der Waals surface area contributed by atoms with Crippen molar-refractivity contribution in [3.05, 3.63) is 91.3 Å². The van der Waals surface area contributed by atoms with Crippen LogP contribution < -0.4 is 10.9 Å². The van der Waals surface area contributed by atoms with Crippen LogP contribution in [0.2, 0.25) is 10.0 Å². The normalized spacial score (nSPS) is 12.2. The van der Waals surface area contributed by atoms with Crippen molar-refractivity contribution in [1.29, 1.82) is 0 Å². The lowest BCUT2D eigenvalue weighted by atomic mass is 10.1. The second-order valence-corrected chi connectivity index (χ2v) is 8.34. The maximum absolute atomic E-state index is 12.8. The van der Waals surface area contributed by atoms with E-state index >= 15 is 0 Å². The van der Waals surface area contributed by atoms with Crippen LogP contribution in [0.5, 0.6) is 0 Å². The molecule has 2 N–H and O–H groups in total. The molecule has 1 unspecified atom stereocenters. The number of amides is 1. The molecule has 4 rings (SSSR count). The number of carbonyl (C=O) groups excluding carboxylic acids is 1. The first-order valence-corrected chi connectivity index (χ1v) is 10.4. The van der Waals surface area contributed by atoms with E-state index in [0.717, 1.165) is 22.3 Å². The zero-order valence-corrected chi connectivity index (χ0v) is 18.7. The molecule has 0 radical (unpaired) electrons. The molecule has 2 aromatic carbocycles. The summed E-state index contributed by atoms with van der Waals surface area (Å²) < 4.78 is 1.43. The van der Waals surface area contributed by atoms with Gasteiger partial charge in [-0.15, -0.1) is 5.10 Å². The summed E-state index contributed by atoms with van der Waals surface area (Å²) in [4.78, 5) is 28.2.